The highest BCUT2D eigenvalue weighted by Crippen LogP contribution is 2.33. The Morgan fingerprint density at radius 3 is 2.62 bits per heavy atom. The first-order valence-electron chi connectivity index (χ1n) is 8.37. The second-order valence-electron chi connectivity index (χ2n) is 6.85. The highest BCUT2D eigenvalue weighted by atomic mass is 35.5. The normalized spacial score (nSPS) is 20.0. The quantitative estimate of drug-likeness (QED) is 0.866. The third-order valence-corrected chi connectivity index (χ3v) is 4.88. The summed E-state index contributed by atoms with van der Waals surface area (Å²) in [6, 6.07) is 0. The van der Waals surface area contributed by atoms with Gasteiger partial charge in [0.05, 0.1) is 23.3 Å². The molecule has 1 fully saturated rings. The molecule has 0 spiro atoms. The predicted octanol–water partition coefficient (Wildman–Crippen LogP) is 1.33. The number of hydrogen-bond donors (Lipinski definition) is 1. The van der Waals surface area contributed by atoms with Crippen molar-refractivity contribution in [3.05, 3.63) is 40.7 Å². The molecule has 26 heavy (non-hydrogen) atoms. The van der Waals surface area contributed by atoms with Crippen LogP contribution in [0.3, 0.4) is 0 Å². The lowest BCUT2D eigenvalue weighted by atomic mass is 9.90. The van der Waals surface area contributed by atoms with Crippen molar-refractivity contribution in [2.45, 2.75) is 25.7 Å². The van der Waals surface area contributed by atoms with Gasteiger partial charge in [0, 0.05) is 38.2 Å². The molecular weight excluding hydrogens is 356 g/mol. The second kappa shape index (κ2) is 7.03. The molecule has 9 heteroatoms. The van der Waals surface area contributed by atoms with Crippen molar-refractivity contribution in [1.82, 2.24) is 24.6 Å². The number of aromatic nitrogens is 4. The molecule has 2 amide bonds. The van der Waals surface area contributed by atoms with Crippen LogP contribution in [0.25, 0.3) is 0 Å². The minimum atomic E-state index is -0.478. The van der Waals surface area contributed by atoms with Gasteiger partial charge in [-0.05, 0) is 5.56 Å². The maximum atomic E-state index is 13.0. The fraction of sp³-hybridized carbons (Fsp3) is 0.471. The van der Waals surface area contributed by atoms with Crippen molar-refractivity contribution >= 4 is 23.4 Å². The zero-order valence-corrected chi connectivity index (χ0v) is 15.6. The van der Waals surface area contributed by atoms with Gasteiger partial charge >= 0.3 is 0 Å². The number of nitrogens with zero attached hydrogens (tertiary/aromatic N) is 5. The number of nitrogens with two attached hydrogens (primary N) is 1. The van der Waals surface area contributed by atoms with Crippen molar-refractivity contribution in [2.75, 3.05) is 13.1 Å². The van der Waals surface area contributed by atoms with Crippen molar-refractivity contribution < 1.29 is 9.59 Å². The Hall–Kier alpha value is -2.48. The molecule has 0 unspecified atom stereocenters. The molecule has 0 aliphatic carbocycles. The fourth-order valence-corrected chi connectivity index (χ4v) is 3.36. The smallest absolute Gasteiger partial charge is 0.274 e. The molecule has 2 N–H and O–H groups in total. The molecule has 138 valence electrons. The number of aryl methyl sites for hydroxylation is 1. The number of carbonyl (C=O) groups excluding carboxylic acids is 2. The van der Waals surface area contributed by atoms with Gasteiger partial charge in [0.1, 0.15) is 5.82 Å². The highest BCUT2D eigenvalue weighted by Gasteiger charge is 2.41. The Labute approximate surface area is 156 Å². The van der Waals surface area contributed by atoms with Crippen LogP contribution in [0, 0.1) is 5.92 Å². The molecule has 2 atom stereocenters. The monoisotopic (exact) mass is 376 g/mol. The van der Waals surface area contributed by atoms with Crippen LogP contribution in [-0.2, 0) is 11.8 Å². The summed E-state index contributed by atoms with van der Waals surface area (Å²) in [4.78, 5) is 34.9. The van der Waals surface area contributed by atoms with E-state index in [2.05, 4.69) is 15.1 Å². The summed E-state index contributed by atoms with van der Waals surface area (Å²) in [5.74, 6) is -0.822. The molecule has 0 saturated carbocycles. The van der Waals surface area contributed by atoms with Gasteiger partial charge in [0.25, 0.3) is 5.91 Å². The second-order valence-corrected chi connectivity index (χ2v) is 7.26. The first-order valence-corrected chi connectivity index (χ1v) is 8.75. The van der Waals surface area contributed by atoms with Gasteiger partial charge in [0.2, 0.25) is 5.91 Å². The van der Waals surface area contributed by atoms with E-state index in [1.165, 1.54) is 6.20 Å². The molecule has 1 aliphatic rings. The minimum absolute atomic E-state index is 0.0684. The van der Waals surface area contributed by atoms with Crippen LogP contribution in [0.4, 0.5) is 0 Å². The van der Waals surface area contributed by atoms with Crippen LogP contribution >= 0.6 is 11.6 Å². The van der Waals surface area contributed by atoms with E-state index in [1.54, 1.807) is 22.8 Å². The zero-order valence-electron chi connectivity index (χ0n) is 14.9. The van der Waals surface area contributed by atoms with Gasteiger partial charge in [0.15, 0.2) is 5.69 Å². The summed E-state index contributed by atoms with van der Waals surface area (Å²) in [7, 11) is 1.80. The molecular formula is C17H21ClN6O2. The Kier molecular flexibility index (Phi) is 4.95. The topological polar surface area (TPSA) is 107 Å². The van der Waals surface area contributed by atoms with E-state index in [0.29, 0.717) is 12.4 Å². The maximum absolute atomic E-state index is 13.0. The molecule has 1 aliphatic heterocycles. The van der Waals surface area contributed by atoms with Crippen LogP contribution in [0.15, 0.2) is 18.6 Å². The molecule has 8 nitrogen and oxygen atoms in total. The van der Waals surface area contributed by atoms with Gasteiger partial charge < -0.3 is 10.6 Å². The van der Waals surface area contributed by atoms with E-state index in [-0.39, 0.29) is 35.0 Å². The lowest BCUT2D eigenvalue weighted by Gasteiger charge is -2.17. The number of likely N-dealkylation sites (tertiary alicyclic amines) is 1. The first kappa shape index (κ1) is 18.3. The average Bonchev–Trinajstić information content (AvgIpc) is 3.20. The number of hydrogen-bond acceptors (Lipinski definition) is 5. The maximum Gasteiger partial charge on any atom is 0.274 e. The molecule has 0 aromatic carbocycles. The highest BCUT2D eigenvalue weighted by molar-refractivity contribution is 6.33. The fourth-order valence-electron chi connectivity index (χ4n) is 3.19. The van der Waals surface area contributed by atoms with E-state index in [4.69, 9.17) is 17.3 Å². The number of halogens is 1. The molecule has 1 saturated heterocycles. The standard InChI is InChI=1S/C17H21ClN6O2/c1-9(2)16-20-5-13(18)14(22-16)17(26)24-7-11(12(8-24)15(19)25)10-4-21-23(3)6-10/h4-6,9,11-12H,7-8H2,1-3H3,(H2,19,25)/t11-,12+/m1/s1. The summed E-state index contributed by atoms with van der Waals surface area (Å²) in [6.07, 6.45) is 4.98. The largest absolute Gasteiger partial charge is 0.369 e. The van der Waals surface area contributed by atoms with E-state index >= 15 is 0 Å². The van der Waals surface area contributed by atoms with E-state index < -0.39 is 11.8 Å². The summed E-state index contributed by atoms with van der Waals surface area (Å²) in [5.41, 5.74) is 6.60. The van der Waals surface area contributed by atoms with Crippen molar-refractivity contribution in [3.63, 3.8) is 0 Å². The molecule has 0 radical (unpaired) electrons. The van der Waals surface area contributed by atoms with E-state index in [1.807, 2.05) is 20.0 Å². The molecule has 0 bridgehead atoms. The third kappa shape index (κ3) is 3.41. The van der Waals surface area contributed by atoms with Gasteiger partial charge in [-0.25, -0.2) is 9.97 Å². The van der Waals surface area contributed by atoms with Crippen molar-refractivity contribution in [1.29, 1.82) is 0 Å². The summed E-state index contributed by atoms with van der Waals surface area (Å²) in [5, 5.41) is 4.34. The van der Waals surface area contributed by atoms with E-state index in [0.717, 1.165) is 5.56 Å². The van der Waals surface area contributed by atoms with Gasteiger partial charge in [-0.3, -0.25) is 14.3 Å². The van der Waals surface area contributed by atoms with Crippen LogP contribution in [0.2, 0.25) is 5.02 Å². The van der Waals surface area contributed by atoms with Gasteiger partial charge in [-0.1, -0.05) is 25.4 Å². The zero-order chi connectivity index (χ0) is 19.0. The Morgan fingerprint density at radius 2 is 2.04 bits per heavy atom. The lowest BCUT2D eigenvalue weighted by Crippen LogP contribution is -2.32. The Balaban J connectivity index is 1.89. The third-order valence-electron chi connectivity index (χ3n) is 4.61. The predicted molar refractivity (Wildman–Crippen MR) is 95.7 cm³/mol. The van der Waals surface area contributed by atoms with Crippen LogP contribution in [0.5, 0.6) is 0 Å². The summed E-state index contributed by atoms with van der Waals surface area (Å²) in [6.45, 7) is 4.46. The number of carbonyl (C=O) groups is 2. The number of primary amides is 1. The van der Waals surface area contributed by atoms with Gasteiger partial charge in [-0.15, -0.1) is 0 Å². The first-order chi connectivity index (χ1) is 12.3. The molecule has 2 aromatic rings. The minimum Gasteiger partial charge on any atom is -0.369 e. The van der Waals surface area contributed by atoms with Crippen LogP contribution in [-0.4, -0.2) is 49.6 Å². The lowest BCUT2D eigenvalue weighted by molar-refractivity contribution is -0.121. The van der Waals surface area contributed by atoms with Crippen LogP contribution in [0.1, 0.15) is 47.6 Å². The average molecular weight is 377 g/mol. The molecule has 3 rings (SSSR count). The summed E-state index contributed by atoms with van der Waals surface area (Å²) >= 11 is 6.15. The Bertz CT molecular complexity index is 850. The van der Waals surface area contributed by atoms with E-state index in [9.17, 15) is 9.59 Å². The summed E-state index contributed by atoms with van der Waals surface area (Å²) < 4.78 is 1.66. The molecule has 2 aromatic heterocycles. The molecule has 3 heterocycles. The SMILES string of the molecule is CC(C)c1ncc(Cl)c(C(=O)N2C[C@H](C(N)=O)[C@@H](c3cnn(C)c3)C2)n1. The number of amides is 2. The number of rotatable bonds is 4. The van der Waals surface area contributed by atoms with Crippen molar-refractivity contribution in [3.8, 4) is 0 Å². The van der Waals surface area contributed by atoms with Gasteiger partial charge in [-0.2, -0.15) is 5.10 Å². The van der Waals surface area contributed by atoms with Crippen molar-refractivity contribution in [2.24, 2.45) is 18.7 Å². The Morgan fingerprint density at radius 1 is 1.31 bits per heavy atom. The van der Waals surface area contributed by atoms with Crippen LogP contribution < -0.4 is 5.73 Å².